The van der Waals surface area contributed by atoms with Crippen molar-refractivity contribution in [3.63, 3.8) is 0 Å². The van der Waals surface area contributed by atoms with Crippen molar-refractivity contribution in [2.45, 2.75) is 38.3 Å². The van der Waals surface area contributed by atoms with E-state index in [1.807, 2.05) is 0 Å². The third-order valence-electron chi connectivity index (χ3n) is 2.22. The van der Waals surface area contributed by atoms with Gasteiger partial charge in [0.1, 0.15) is 12.1 Å². The molecule has 1 unspecified atom stereocenters. The molecule has 0 aliphatic carbocycles. The number of aliphatic carboxylic acids is 2. The van der Waals surface area contributed by atoms with Gasteiger partial charge in [-0.1, -0.05) is 0 Å². The summed E-state index contributed by atoms with van der Waals surface area (Å²) in [6.45, 7) is 1.49. The van der Waals surface area contributed by atoms with Crippen LogP contribution in [0.3, 0.4) is 0 Å². The zero-order valence-electron chi connectivity index (χ0n) is 9.80. The second kappa shape index (κ2) is 7.61. The van der Waals surface area contributed by atoms with E-state index in [0.717, 1.165) is 0 Å². The third-order valence-corrected chi connectivity index (χ3v) is 2.22. The normalized spacial score (nSPS) is 13.8. The minimum absolute atomic E-state index is 0.0732. The first-order valence-electron chi connectivity index (χ1n) is 5.16. The molecular formula is C10H17NO6. The summed E-state index contributed by atoms with van der Waals surface area (Å²) in [7, 11) is 1.34. The molecule has 0 aromatic carbocycles. The van der Waals surface area contributed by atoms with Crippen molar-refractivity contribution in [3.8, 4) is 0 Å². The summed E-state index contributed by atoms with van der Waals surface area (Å²) in [5.41, 5.74) is 0. The number of carbonyl (C=O) groups is 3. The van der Waals surface area contributed by atoms with Crippen LogP contribution in [-0.4, -0.2) is 47.3 Å². The van der Waals surface area contributed by atoms with Crippen molar-refractivity contribution in [2.24, 2.45) is 0 Å². The average Bonchev–Trinajstić information content (AvgIpc) is 2.25. The quantitative estimate of drug-likeness (QED) is 0.549. The highest BCUT2D eigenvalue weighted by molar-refractivity contribution is 5.86. The first-order valence-corrected chi connectivity index (χ1v) is 5.16. The first kappa shape index (κ1) is 15.4. The van der Waals surface area contributed by atoms with E-state index in [9.17, 15) is 14.4 Å². The summed E-state index contributed by atoms with van der Waals surface area (Å²) in [4.78, 5) is 32.5. The molecule has 98 valence electrons. The van der Waals surface area contributed by atoms with Gasteiger partial charge in [-0.2, -0.15) is 0 Å². The fourth-order valence-corrected chi connectivity index (χ4v) is 1.11. The lowest BCUT2D eigenvalue weighted by Gasteiger charge is -2.16. The minimum Gasteiger partial charge on any atom is -0.481 e. The molecule has 7 heteroatoms. The van der Waals surface area contributed by atoms with Crippen LogP contribution < -0.4 is 5.32 Å². The molecule has 1 amide bonds. The van der Waals surface area contributed by atoms with Gasteiger partial charge in [0.25, 0.3) is 0 Å². The topological polar surface area (TPSA) is 113 Å². The highest BCUT2D eigenvalue weighted by Crippen LogP contribution is 2.02. The average molecular weight is 247 g/mol. The van der Waals surface area contributed by atoms with Crippen molar-refractivity contribution in [1.29, 1.82) is 0 Å². The number of ether oxygens (including phenoxy) is 1. The molecule has 17 heavy (non-hydrogen) atoms. The molecule has 3 N–H and O–H groups in total. The molecule has 0 radical (unpaired) electrons. The second-order valence-corrected chi connectivity index (χ2v) is 3.56. The van der Waals surface area contributed by atoms with E-state index in [1.165, 1.54) is 14.0 Å². The molecule has 0 fully saturated rings. The molecule has 0 bridgehead atoms. The Labute approximate surface area is 98.8 Å². The van der Waals surface area contributed by atoms with Gasteiger partial charge < -0.3 is 20.3 Å². The summed E-state index contributed by atoms with van der Waals surface area (Å²) >= 11 is 0. The predicted octanol–water partition coefficient (Wildman–Crippen LogP) is -0.154. The van der Waals surface area contributed by atoms with Crippen LogP contribution in [0.1, 0.15) is 26.2 Å². The highest BCUT2D eigenvalue weighted by Gasteiger charge is 2.22. The van der Waals surface area contributed by atoms with Crippen LogP contribution in [-0.2, 0) is 19.1 Å². The maximum Gasteiger partial charge on any atom is 0.326 e. The molecule has 0 rings (SSSR count). The Morgan fingerprint density at radius 2 is 1.88 bits per heavy atom. The van der Waals surface area contributed by atoms with E-state index in [-0.39, 0.29) is 19.3 Å². The van der Waals surface area contributed by atoms with E-state index in [4.69, 9.17) is 14.9 Å². The zero-order chi connectivity index (χ0) is 13.4. The summed E-state index contributed by atoms with van der Waals surface area (Å²) in [5.74, 6) is -2.71. The molecule has 7 nitrogen and oxygen atoms in total. The van der Waals surface area contributed by atoms with Crippen LogP contribution in [0, 0.1) is 0 Å². The van der Waals surface area contributed by atoms with Crippen molar-refractivity contribution >= 4 is 17.8 Å². The van der Waals surface area contributed by atoms with Crippen molar-refractivity contribution < 1.29 is 29.3 Å². The number of methoxy groups -OCH3 is 1. The standard InChI is InChI=1S/C10H17NO6/c1-6(17-2)9(14)11-7(10(15)16)4-3-5-8(12)13/h6-7H,3-5H2,1-2H3,(H,11,14)(H,12,13)(H,15,16)/t6?,7-/m1/s1. The van der Waals surface area contributed by atoms with E-state index >= 15 is 0 Å². The van der Waals surface area contributed by atoms with E-state index in [1.54, 1.807) is 0 Å². The minimum atomic E-state index is -1.19. The van der Waals surface area contributed by atoms with Gasteiger partial charge >= 0.3 is 11.9 Å². The Kier molecular flexibility index (Phi) is 6.88. The van der Waals surface area contributed by atoms with Crippen LogP contribution in [0.25, 0.3) is 0 Å². The SMILES string of the molecule is COC(C)C(=O)N[C@H](CCCC(=O)O)C(=O)O. The zero-order valence-corrected chi connectivity index (χ0v) is 9.80. The number of carboxylic acids is 2. The van der Waals surface area contributed by atoms with Crippen LogP contribution >= 0.6 is 0 Å². The van der Waals surface area contributed by atoms with Gasteiger partial charge in [0.15, 0.2) is 0 Å². The Balaban J connectivity index is 4.20. The second-order valence-electron chi connectivity index (χ2n) is 3.56. The summed E-state index contributed by atoms with van der Waals surface area (Å²) < 4.78 is 4.74. The Hall–Kier alpha value is -1.63. The number of carboxylic acid groups (broad SMARTS) is 2. The van der Waals surface area contributed by atoms with Crippen LogP contribution in [0.2, 0.25) is 0 Å². The van der Waals surface area contributed by atoms with E-state index in [0.29, 0.717) is 0 Å². The smallest absolute Gasteiger partial charge is 0.326 e. The summed E-state index contributed by atoms with van der Waals surface area (Å²) in [6, 6.07) is -1.08. The predicted molar refractivity (Wildman–Crippen MR) is 57.5 cm³/mol. The fourth-order valence-electron chi connectivity index (χ4n) is 1.11. The molecular weight excluding hydrogens is 230 g/mol. The maximum absolute atomic E-state index is 11.4. The van der Waals surface area contributed by atoms with E-state index in [2.05, 4.69) is 5.32 Å². The summed E-state index contributed by atoms with van der Waals surface area (Å²) in [6.07, 6.45) is -0.603. The largest absolute Gasteiger partial charge is 0.481 e. The molecule has 0 saturated heterocycles. The van der Waals surface area contributed by atoms with Crippen molar-refractivity contribution in [2.75, 3.05) is 7.11 Å². The number of amides is 1. The molecule has 0 saturated carbocycles. The monoisotopic (exact) mass is 247 g/mol. The molecule has 0 aliphatic heterocycles. The van der Waals surface area contributed by atoms with Gasteiger partial charge in [-0.3, -0.25) is 9.59 Å². The van der Waals surface area contributed by atoms with Crippen LogP contribution in [0.4, 0.5) is 0 Å². The molecule has 0 aromatic heterocycles. The van der Waals surface area contributed by atoms with Crippen molar-refractivity contribution in [1.82, 2.24) is 5.32 Å². The molecule has 0 heterocycles. The lowest BCUT2D eigenvalue weighted by molar-refractivity contribution is -0.144. The lowest BCUT2D eigenvalue weighted by Crippen LogP contribution is -2.45. The fraction of sp³-hybridized carbons (Fsp3) is 0.700. The van der Waals surface area contributed by atoms with E-state index < -0.39 is 30.0 Å². The summed E-state index contributed by atoms with van der Waals surface area (Å²) in [5, 5.41) is 19.5. The first-order chi connectivity index (χ1) is 7.88. The van der Waals surface area contributed by atoms with Crippen molar-refractivity contribution in [3.05, 3.63) is 0 Å². The third kappa shape index (κ3) is 6.52. The number of nitrogens with one attached hydrogen (secondary N) is 1. The molecule has 0 aromatic rings. The maximum atomic E-state index is 11.4. The Morgan fingerprint density at radius 3 is 2.29 bits per heavy atom. The van der Waals surface area contributed by atoms with Gasteiger partial charge in [-0.15, -0.1) is 0 Å². The number of rotatable bonds is 8. The Bertz CT molecular complexity index is 291. The lowest BCUT2D eigenvalue weighted by atomic mass is 10.1. The van der Waals surface area contributed by atoms with Gasteiger partial charge in [0.05, 0.1) is 0 Å². The van der Waals surface area contributed by atoms with Crippen LogP contribution in [0.5, 0.6) is 0 Å². The highest BCUT2D eigenvalue weighted by atomic mass is 16.5. The number of carbonyl (C=O) groups excluding carboxylic acids is 1. The van der Waals surface area contributed by atoms with Gasteiger partial charge in [0, 0.05) is 13.5 Å². The molecule has 2 atom stereocenters. The Morgan fingerprint density at radius 1 is 1.29 bits per heavy atom. The molecule has 0 aliphatic rings. The molecule has 0 spiro atoms. The van der Waals surface area contributed by atoms with Gasteiger partial charge in [-0.25, -0.2) is 4.79 Å². The van der Waals surface area contributed by atoms with Gasteiger partial charge in [-0.05, 0) is 19.8 Å². The number of hydrogen-bond acceptors (Lipinski definition) is 4. The number of hydrogen-bond donors (Lipinski definition) is 3. The van der Waals surface area contributed by atoms with Crippen LogP contribution in [0.15, 0.2) is 0 Å². The van der Waals surface area contributed by atoms with Gasteiger partial charge in [0.2, 0.25) is 5.91 Å².